The van der Waals surface area contributed by atoms with Crippen LogP contribution in [-0.2, 0) is 81.6 Å². The SMILES string of the molecule is C=C(C)C(=O)OC.C=C(C)C(=O)OC(C(F)(F)F)C(F)(F)F.C=C(C)C(=O)OC(C)CC(O)(C(F)(F)F)C(F)(F)F.C=C(C)C(=O)OCCOC(=O)C1CCCCC1C(=O)O.C=C(COCCC(C)(O)C(F)(F)F)C(=O)OC(C)C.C=CC(C)=O.C=CS(=O)(=O)O. The van der Waals surface area contributed by atoms with Crippen LogP contribution in [0.15, 0.2) is 85.4 Å². The van der Waals surface area contributed by atoms with Gasteiger partial charge < -0.3 is 48.5 Å². The van der Waals surface area contributed by atoms with Crippen LogP contribution in [0.3, 0.4) is 0 Å². The van der Waals surface area contributed by atoms with E-state index in [-0.39, 0.29) is 61.0 Å². The Morgan fingerprint density at radius 1 is 0.582 bits per heavy atom. The van der Waals surface area contributed by atoms with Crippen LogP contribution in [0.25, 0.3) is 0 Å². The largest absolute Gasteiger partial charge is 0.481 e. The van der Waals surface area contributed by atoms with Gasteiger partial charge in [-0.3, -0.25) is 18.9 Å². The summed E-state index contributed by atoms with van der Waals surface area (Å²) >= 11 is 0. The second-order valence-corrected chi connectivity index (χ2v) is 20.4. The summed E-state index contributed by atoms with van der Waals surface area (Å²) < 4.78 is 240. The number of carbonyl (C=O) groups is 8. The van der Waals surface area contributed by atoms with Crippen LogP contribution in [0.2, 0.25) is 0 Å². The van der Waals surface area contributed by atoms with Crippen molar-refractivity contribution in [2.75, 3.05) is 33.5 Å². The van der Waals surface area contributed by atoms with Crippen molar-refractivity contribution in [1.82, 2.24) is 0 Å². The molecule has 528 valence electrons. The standard InChI is InChI=1S/C14H20O6.C12H19F3O4.C10H12F6O3.C7H6F6O2.C5H8O2.C4H6O.C2H4O3S/c1-9(2)13(17)19-7-8-20-14(18)11-6-4-3-5-10(11)12(15)16;1-8(2)19-10(16)9(3)7-18-6-5-11(4,17)12(13,14)15;1-5(2)7(17)19-6(3)4-8(18,9(11,12)13)10(14,15)16;1-3(2)4(14)15-5(6(8,9)10)7(11,12)13;1-4(2)5(6)7-3;1-3-4(2)5;1-2-6(3,4)5/h10-11H,1,3-8H2,2H3,(H,15,16);8,17H,3,5-7H2,1-2,4H3;6,18H,1,4H2,2-3H3;5H,1H2,2H3;1H2,2-3H3;3H,1H2,2H3;2H,1H2,(H,3,4,5). The fourth-order valence-electron chi connectivity index (χ4n) is 5.01. The highest BCUT2D eigenvalue weighted by Crippen LogP contribution is 2.46. The second kappa shape index (κ2) is 42.8. The van der Waals surface area contributed by atoms with E-state index in [1.807, 2.05) is 0 Å². The number of carbonyl (C=O) groups excluding carboxylic acids is 7. The summed E-state index contributed by atoms with van der Waals surface area (Å²) in [5.74, 6) is -7.16. The number of aliphatic carboxylic acids is 1. The highest BCUT2D eigenvalue weighted by Gasteiger charge is 2.70. The normalized spacial score (nSPS) is 14.9. The van der Waals surface area contributed by atoms with Crippen molar-refractivity contribution in [2.24, 2.45) is 11.8 Å². The van der Waals surface area contributed by atoms with Gasteiger partial charge in [0.15, 0.2) is 11.4 Å². The molecule has 0 bridgehead atoms. The number of ketones is 1. The number of hydrogen-bond donors (Lipinski definition) is 4. The lowest BCUT2D eigenvalue weighted by Gasteiger charge is -2.33. The van der Waals surface area contributed by atoms with Crippen LogP contribution in [0.5, 0.6) is 0 Å². The number of carboxylic acid groups (broad SMARTS) is 1. The van der Waals surface area contributed by atoms with E-state index in [2.05, 4.69) is 60.3 Å². The van der Waals surface area contributed by atoms with Gasteiger partial charge in [-0.2, -0.15) is 74.3 Å². The number of ether oxygens (including phenoxy) is 7. The first kappa shape index (κ1) is 95.0. The lowest BCUT2D eigenvalue weighted by Crippen LogP contribution is -2.58. The monoisotopic (exact) mass is 1380 g/mol. The molecule has 4 N–H and O–H groups in total. The molecule has 1 rings (SSSR count). The van der Waals surface area contributed by atoms with Gasteiger partial charge in [0, 0.05) is 35.1 Å². The lowest BCUT2D eigenvalue weighted by atomic mass is 9.79. The molecule has 0 spiro atoms. The number of rotatable bonds is 22. The van der Waals surface area contributed by atoms with Crippen LogP contribution >= 0.6 is 0 Å². The zero-order valence-electron chi connectivity index (χ0n) is 50.9. The van der Waals surface area contributed by atoms with Gasteiger partial charge in [-0.25, -0.2) is 24.0 Å². The van der Waals surface area contributed by atoms with E-state index in [0.29, 0.717) is 30.7 Å². The first-order valence-electron chi connectivity index (χ1n) is 25.3. The Hall–Kier alpha value is -7.12. The minimum Gasteiger partial charge on any atom is -0.481 e. The molecule has 0 aromatic rings. The van der Waals surface area contributed by atoms with E-state index in [1.54, 1.807) is 20.8 Å². The summed E-state index contributed by atoms with van der Waals surface area (Å²) in [4.78, 5) is 86.7. The number of methoxy groups -OCH3 is 1. The third-order valence-electron chi connectivity index (χ3n) is 9.92. The topological polar surface area (TPSA) is 316 Å². The number of carboxylic acids is 1. The third-order valence-corrected chi connectivity index (χ3v) is 10.3. The molecule has 0 aromatic carbocycles. The maximum absolute atomic E-state index is 12.3. The zero-order chi connectivity index (χ0) is 73.8. The highest BCUT2D eigenvalue weighted by atomic mass is 32.2. The van der Waals surface area contributed by atoms with Crippen molar-refractivity contribution < 1.29 is 166 Å². The summed E-state index contributed by atoms with van der Waals surface area (Å²) in [7, 11) is -2.57. The molecule has 0 aliphatic heterocycles. The molecule has 37 heteroatoms. The zero-order valence-corrected chi connectivity index (χ0v) is 51.7. The molecule has 0 radical (unpaired) electrons. The minimum atomic E-state index is -5.94. The number of hydrogen-bond acceptors (Lipinski definition) is 19. The molecular weight excluding hydrogens is 1300 g/mol. The third kappa shape index (κ3) is 44.9. The van der Waals surface area contributed by atoms with Gasteiger partial charge >= 0.3 is 72.7 Å². The van der Waals surface area contributed by atoms with E-state index in [4.69, 9.17) is 38.8 Å². The summed E-state index contributed by atoms with van der Waals surface area (Å²) in [5, 5.41) is 27.5. The Morgan fingerprint density at radius 2 is 0.956 bits per heavy atom. The lowest BCUT2D eigenvalue weighted by molar-refractivity contribution is -0.373. The molecule has 1 saturated carbocycles. The Bertz CT molecular complexity index is 2530. The van der Waals surface area contributed by atoms with Crippen molar-refractivity contribution >= 4 is 57.7 Å². The van der Waals surface area contributed by atoms with Crippen molar-refractivity contribution in [1.29, 1.82) is 0 Å². The average molecular weight is 1380 g/mol. The highest BCUT2D eigenvalue weighted by molar-refractivity contribution is 7.88. The smallest absolute Gasteiger partial charge is 0.434 e. The molecule has 0 saturated heterocycles. The van der Waals surface area contributed by atoms with Gasteiger partial charge in [0.25, 0.3) is 21.8 Å². The molecule has 1 fully saturated rings. The van der Waals surface area contributed by atoms with Gasteiger partial charge in [-0.15, -0.1) is 0 Å². The Labute approximate surface area is 514 Å². The molecular formula is C54H75F15O21S. The van der Waals surface area contributed by atoms with E-state index in [1.165, 1.54) is 34.0 Å². The summed E-state index contributed by atoms with van der Waals surface area (Å²) in [6, 6.07) is 0. The van der Waals surface area contributed by atoms with E-state index in [9.17, 15) is 113 Å². The molecule has 4 unspecified atom stereocenters. The van der Waals surface area contributed by atoms with Crippen molar-refractivity contribution in [3.8, 4) is 0 Å². The predicted octanol–water partition coefficient (Wildman–Crippen LogP) is 10.6. The number of halogens is 15. The first-order valence-corrected chi connectivity index (χ1v) is 26.8. The van der Waals surface area contributed by atoms with Crippen molar-refractivity contribution in [3.05, 3.63) is 85.4 Å². The maximum Gasteiger partial charge on any atom is 0.434 e. The molecule has 91 heavy (non-hydrogen) atoms. The quantitative estimate of drug-likeness (QED) is 0.0195. The number of alkyl halides is 15. The number of esters is 6. The second-order valence-electron chi connectivity index (χ2n) is 19.0. The van der Waals surface area contributed by atoms with Gasteiger partial charge in [0.05, 0.1) is 49.2 Å². The summed E-state index contributed by atoms with van der Waals surface area (Å²) in [6.45, 7) is 33.0. The first-order chi connectivity index (χ1) is 40.6. The van der Waals surface area contributed by atoms with Crippen molar-refractivity contribution in [3.63, 3.8) is 0 Å². The average Bonchev–Trinajstić information content (AvgIpc) is 0.786. The predicted molar refractivity (Wildman–Crippen MR) is 291 cm³/mol. The molecule has 0 aromatic heterocycles. The van der Waals surface area contributed by atoms with Crippen LogP contribution < -0.4 is 0 Å². The van der Waals surface area contributed by atoms with E-state index >= 15 is 0 Å². The van der Waals surface area contributed by atoms with Gasteiger partial charge in [0.1, 0.15) is 19.3 Å². The summed E-state index contributed by atoms with van der Waals surface area (Å²) in [5.41, 5.74) is -7.76. The molecule has 0 heterocycles. The van der Waals surface area contributed by atoms with E-state index in [0.717, 1.165) is 26.7 Å². The number of allylic oxidation sites excluding steroid dienone is 1. The molecule has 21 nitrogen and oxygen atoms in total. The van der Waals surface area contributed by atoms with Gasteiger partial charge in [-0.1, -0.05) is 58.9 Å². The van der Waals surface area contributed by atoms with E-state index < -0.39 is 130 Å². The minimum absolute atomic E-state index is 0.0142. The van der Waals surface area contributed by atoms with Gasteiger partial charge in [-0.05, 0) is 81.2 Å². The fourth-order valence-corrected chi connectivity index (χ4v) is 5.01. The fraction of sp³-hybridized carbons (Fsp3) is 0.593. The van der Waals surface area contributed by atoms with Crippen molar-refractivity contribution in [2.45, 2.75) is 161 Å². The Kier molecular flexibility index (Phi) is 44.7. The van der Waals surface area contributed by atoms with Crippen LogP contribution in [0, 0.1) is 11.8 Å². The maximum atomic E-state index is 12.3. The molecule has 0 amide bonds. The molecule has 4 atom stereocenters. The molecule has 1 aliphatic rings. The number of aliphatic hydroxyl groups is 2. The van der Waals surface area contributed by atoms with Crippen LogP contribution in [0.1, 0.15) is 101 Å². The van der Waals surface area contributed by atoms with Crippen LogP contribution in [0.4, 0.5) is 65.9 Å². The van der Waals surface area contributed by atoms with Crippen LogP contribution in [-0.4, -0.2) is 170 Å². The Morgan fingerprint density at radius 3 is 1.25 bits per heavy atom. The van der Waals surface area contributed by atoms with Gasteiger partial charge in [0.2, 0.25) is 0 Å². The summed E-state index contributed by atoms with van der Waals surface area (Å²) in [6.07, 6.45) is -32.7. The Balaban J connectivity index is -0.000000243. The molecule has 1 aliphatic carbocycles.